The average molecular weight is 453 g/mol. The first-order valence-electron chi connectivity index (χ1n) is 9.12. The zero-order valence-corrected chi connectivity index (χ0v) is 18.5. The van der Waals surface area contributed by atoms with E-state index >= 15 is 0 Å². The van der Waals surface area contributed by atoms with E-state index in [0.717, 1.165) is 6.42 Å². The number of ketones is 1. The Kier molecular flexibility index (Phi) is 8.89. The third kappa shape index (κ3) is 7.65. The number of Topliss-reactive ketones (excluding diaryl/α,β-unsaturated/α-hetero) is 1. The van der Waals surface area contributed by atoms with Gasteiger partial charge in [-0.25, -0.2) is 0 Å². The molecule has 0 spiro atoms. The molecule has 2 rings (SSSR count). The lowest BCUT2D eigenvalue weighted by molar-refractivity contribution is -0.123. The fourth-order valence-electron chi connectivity index (χ4n) is 2.46. The number of nitrogens with one attached hydrogen (secondary N) is 2. The van der Waals surface area contributed by atoms with Crippen molar-refractivity contribution in [1.29, 1.82) is 0 Å². The smallest absolute Gasteiger partial charge is 0.224 e. The molecule has 2 N–H and O–H groups in total. The van der Waals surface area contributed by atoms with Crippen LogP contribution in [-0.4, -0.2) is 22.8 Å². The Hall–Kier alpha value is -2.15. The number of rotatable bonds is 9. The molecule has 0 heterocycles. The van der Waals surface area contributed by atoms with Crippen molar-refractivity contribution in [2.75, 3.05) is 10.6 Å². The molecular formula is C21H22Cl2N2O3S. The number of halogens is 2. The second-order valence-corrected chi connectivity index (χ2v) is 7.74. The largest absolute Gasteiger partial charge is 0.481 e. The number of carbonyl (C=O) groups excluding carboxylic acids is 2. The summed E-state index contributed by atoms with van der Waals surface area (Å²) in [5.74, 6) is 0.140. The van der Waals surface area contributed by atoms with Crippen molar-refractivity contribution in [3.63, 3.8) is 0 Å². The molecular weight excluding hydrogens is 431 g/mol. The van der Waals surface area contributed by atoms with Crippen molar-refractivity contribution in [2.24, 2.45) is 0 Å². The lowest BCUT2D eigenvalue weighted by atomic mass is 10.2. The quantitative estimate of drug-likeness (QED) is 0.463. The summed E-state index contributed by atoms with van der Waals surface area (Å²) in [7, 11) is 0. The van der Waals surface area contributed by atoms with Gasteiger partial charge < -0.3 is 15.4 Å². The van der Waals surface area contributed by atoms with Crippen molar-refractivity contribution < 1.29 is 14.3 Å². The standard InChI is InChI=1S/C21H22Cl2N2O3S/c1-3-5-20(27)24-15-6-4-7-16(11-15)25-21(29)12-18(26)13(2)28-19-9-8-14(22)10-17(19)23/h4,6-11,13H,3,5,12H2,1-2H3,(H,24,27)(H,25,29). The van der Waals surface area contributed by atoms with Gasteiger partial charge in [-0.05, 0) is 49.7 Å². The van der Waals surface area contributed by atoms with E-state index in [1.165, 1.54) is 0 Å². The predicted octanol–water partition coefficient (Wildman–Crippen LogP) is 5.90. The topological polar surface area (TPSA) is 67.4 Å². The van der Waals surface area contributed by atoms with Gasteiger partial charge in [0.2, 0.25) is 5.91 Å². The molecule has 0 aliphatic rings. The molecule has 154 valence electrons. The van der Waals surface area contributed by atoms with E-state index in [4.69, 9.17) is 40.2 Å². The highest BCUT2D eigenvalue weighted by atomic mass is 35.5. The summed E-state index contributed by atoms with van der Waals surface area (Å²) < 4.78 is 5.62. The molecule has 0 radical (unpaired) electrons. The molecule has 2 aromatic carbocycles. The van der Waals surface area contributed by atoms with Crippen LogP contribution in [0, 0.1) is 0 Å². The predicted molar refractivity (Wildman–Crippen MR) is 122 cm³/mol. The van der Waals surface area contributed by atoms with Gasteiger partial charge in [0.25, 0.3) is 0 Å². The number of thiocarbonyl (C=S) groups is 1. The molecule has 0 saturated carbocycles. The van der Waals surface area contributed by atoms with E-state index in [-0.39, 0.29) is 18.1 Å². The number of benzene rings is 2. The molecule has 1 atom stereocenters. The first-order valence-corrected chi connectivity index (χ1v) is 10.3. The van der Waals surface area contributed by atoms with Crippen LogP contribution >= 0.6 is 35.4 Å². The van der Waals surface area contributed by atoms with Crippen molar-refractivity contribution in [1.82, 2.24) is 0 Å². The highest BCUT2D eigenvalue weighted by Gasteiger charge is 2.18. The Bertz CT molecular complexity index is 905. The van der Waals surface area contributed by atoms with Crippen LogP contribution in [0.4, 0.5) is 11.4 Å². The van der Waals surface area contributed by atoms with Crippen LogP contribution in [0.25, 0.3) is 0 Å². The molecule has 0 aliphatic carbocycles. The van der Waals surface area contributed by atoms with Crippen LogP contribution in [0.2, 0.25) is 10.0 Å². The summed E-state index contributed by atoms with van der Waals surface area (Å²) in [6, 6.07) is 12.0. The molecule has 8 heteroatoms. The van der Waals surface area contributed by atoms with E-state index in [2.05, 4.69) is 10.6 Å². The number of hydrogen-bond acceptors (Lipinski definition) is 4. The highest BCUT2D eigenvalue weighted by Crippen LogP contribution is 2.28. The van der Waals surface area contributed by atoms with Crippen LogP contribution in [0.3, 0.4) is 0 Å². The molecule has 5 nitrogen and oxygen atoms in total. The molecule has 0 saturated heterocycles. The second-order valence-electron chi connectivity index (χ2n) is 6.41. The van der Waals surface area contributed by atoms with Gasteiger partial charge >= 0.3 is 0 Å². The van der Waals surface area contributed by atoms with Gasteiger partial charge in [0, 0.05) is 22.8 Å². The van der Waals surface area contributed by atoms with Crippen molar-refractivity contribution in [3.8, 4) is 5.75 Å². The summed E-state index contributed by atoms with van der Waals surface area (Å²) in [4.78, 5) is 24.5. The van der Waals surface area contributed by atoms with E-state index in [9.17, 15) is 9.59 Å². The zero-order valence-electron chi connectivity index (χ0n) is 16.1. The maximum Gasteiger partial charge on any atom is 0.224 e. The molecule has 0 fully saturated rings. The highest BCUT2D eigenvalue weighted by molar-refractivity contribution is 7.80. The lowest BCUT2D eigenvalue weighted by Gasteiger charge is -2.16. The molecule has 2 aromatic rings. The number of hydrogen-bond donors (Lipinski definition) is 2. The van der Waals surface area contributed by atoms with Crippen molar-refractivity contribution >= 4 is 63.5 Å². The number of ether oxygens (including phenoxy) is 1. The van der Waals surface area contributed by atoms with Crippen LogP contribution in [0.1, 0.15) is 33.1 Å². The summed E-state index contributed by atoms with van der Waals surface area (Å²) >= 11 is 17.2. The summed E-state index contributed by atoms with van der Waals surface area (Å²) in [6.45, 7) is 3.58. The maximum absolute atomic E-state index is 12.4. The monoisotopic (exact) mass is 452 g/mol. The fourth-order valence-corrected chi connectivity index (χ4v) is 3.17. The van der Waals surface area contributed by atoms with Crippen LogP contribution in [0.15, 0.2) is 42.5 Å². The Morgan fingerprint density at radius 2 is 1.79 bits per heavy atom. The minimum absolute atomic E-state index is 0.00807. The maximum atomic E-state index is 12.4. The van der Waals surface area contributed by atoms with Crippen LogP contribution in [-0.2, 0) is 9.59 Å². The van der Waals surface area contributed by atoms with Crippen molar-refractivity contribution in [3.05, 3.63) is 52.5 Å². The van der Waals surface area contributed by atoms with E-state index in [1.807, 2.05) is 6.92 Å². The average Bonchev–Trinajstić information content (AvgIpc) is 2.64. The molecule has 0 bridgehead atoms. The first kappa shape index (κ1) is 23.1. The minimum atomic E-state index is -0.729. The minimum Gasteiger partial charge on any atom is -0.481 e. The molecule has 29 heavy (non-hydrogen) atoms. The SMILES string of the molecule is CCCC(=O)Nc1cccc(NC(=S)CC(=O)C(C)Oc2ccc(Cl)cc2Cl)c1. The van der Waals surface area contributed by atoms with Gasteiger partial charge in [-0.3, -0.25) is 9.59 Å². The Labute approximate surface area is 185 Å². The molecule has 1 unspecified atom stereocenters. The van der Waals surface area contributed by atoms with Gasteiger partial charge in [0.05, 0.1) is 16.4 Å². The summed E-state index contributed by atoms with van der Waals surface area (Å²) in [6.07, 6.45) is 0.513. The molecule has 1 amide bonds. The zero-order chi connectivity index (χ0) is 21.4. The van der Waals surface area contributed by atoms with Crippen LogP contribution < -0.4 is 15.4 Å². The van der Waals surface area contributed by atoms with Crippen LogP contribution in [0.5, 0.6) is 5.75 Å². The van der Waals surface area contributed by atoms with Gasteiger partial charge in [-0.15, -0.1) is 0 Å². The Morgan fingerprint density at radius 3 is 2.45 bits per heavy atom. The van der Waals surface area contributed by atoms with Gasteiger partial charge in [0.1, 0.15) is 5.75 Å². The molecule has 0 aliphatic heterocycles. The van der Waals surface area contributed by atoms with Crippen molar-refractivity contribution in [2.45, 2.75) is 39.2 Å². The summed E-state index contributed by atoms with van der Waals surface area (Å²) in [5.41, 5.74) is 1.35. The lowest BCUT2D eigenvalue weighted by Crippen LogP contribution is -2.27. The van der Waals surface area contributed by atoms with Gasteiger partial charge in [-0.2, -0.15) is 0 Å². The third-order valence-corrected chi connectivity index (χ3v) is 4.67. The number of carbonyl (C=O) groups is 2. The first-order chi connectivity index (χ1) is 13.8. The van der Waals surface area contributed by atoms with E-state index in [0.29, 0.717) is 38.6 Å². The van der Waals surface area contributed by atoms with E-state index in [1.54, 1.807) is 49.4 Å². The van der Waals surface area contributed by atoms with Gasteiger partial charge in [0.15, 0.2) is 11.9 Å². The number of anilines is 2. The summed E-state index contributed by atoms with van der Waals surface area (Å²) in [5, 5.41) is 6.66. The normalized spacial score (nSPS) is 11.4. The Morgan fingerprint density at radius 1 is 1.10 bits per heavy atom. The number of amides is 1. The van der Waals surface area contributed by atoms with Gasteiger partial charge in [-0.1, -0.05) is 48.4 Å². The Balaban J connectivity index is 1.91. The fraction of sp³-hybridized carbons (Fsp3) is 0.286. The second kappa shape index (κ2) is 11.1. The third-order valence-electron chi connectivity index (χ3n) is 3.89. The van der Waals surface area contributed by atoms with E-state index < -0.39 is 6.10 Å². The molecule has 0 aromatic heterocycles.